The Kier molecular flexibility index (Phi) is 3.01. The Morgan fingerprint density at radius 1 is 1.26 bits per heavy atom. The van der Waals surface area contributed by atoms with E-state index in [1.54, 1.807) is 4.90 Å². The van der Waals surface area contributed by atoms with Gasteiger partial charge in [-0.15, -0.1) is 0 Å². The lowest BCUT2D eigenvalue weighted by Gasteiger charge is -2.25. The van der Waals surface area contributed by atoms with E-state index in [2.05, 4.69) is 5.32 Å². The molecule has 2 heterocycles. The maximum absolute atomic E-state index is 12.5. The zero-order valence-corrected chi connectivity index (χ0v) is 11.1. The summed E-state index contributed by atoms with van der Waals surface area (Å²) in [7, 11) is 0. The molecule has 1 aromatic carbocycles. The van der Waals surface area contributed by atoms with E-state index < -0.39 is 0 Å². The number of nitrogens with one attached hydrogen (secondary N) is 1. The first-order chi connectivity index (χ1) is 9.18. The highest BCUT2D eigenvalue weighted by Gasteiger charge is 2.37. The molecule has 1 fully saturated rings. The van der Waals surface area contributed by atoms with Gasteiger partial charge < -0.3 is 10.2 Å². The normalized spacial score (nSPS) is 23.0. The van der Waals surface area contributed by atoms with E-state index in [-0.39, 0.29) is 17.9 Å². The predicted molar refractivity (Wildman–Crippen MR) is 71.7 cm³/mol. The van der Waals surface area contributed by atoms with Gasteiger partial charge in [-0.05, 0) is 43.4 Å². The minimum atomic E-state index is -0.304. The van der Waals surface area contributed by atoms with Crippen LogP contribution in [0.25, 0.3) is 0 Å². The van der Waals surface area contributed by atoms with Crippen molar-refractivity contribution in [3.8, 4) is 0 Å². The fraction of sp³-hybridized carbons (Fsp3) is 0.467. The van der Waals surface area contributed by atoms with E-state index in [4.69, 9.17) is 0 Å². The number of carbonyl (C=O) groups is 2. The van der Waals surface area contributed by atoms with Crippen molar-refractivity contribution in [2.24, 2.45) is 0 Å². The van der Waals surface area contributed by atoms with Gasteiger partial charge in [-0.1, -0.05) is 12.1 Å². The summed E-state index contributed by atoms with van der Waals surface area (Å²) in [5, 5.41) is 2.90. The van der Waals surface area contributed by atoms with Crippen LogP contribution in [0.4, 0.5) is 0 Å². The van der Waals surface area contributed by atoms with Crippen LogP contribution in [0.3, 0.4) is 0 Å². The molecule has 1 saturated heterocycles. The highest BCUT2D eigenvalue weighted by molar-refractivity contribution is 6.01. The van der Waals surface area contributed by atoms with Crippen LogP contribution in [0.2, 0.25) is 0 Å². The second-order valence-electron chi connectivity index (χ2n) is 5.34. The summed E-state index contributed by atoms with van der Waals surface area (Å²) in [6, 6.07) is 5.48. The molecule has 0 unspecified atom stereocenters. The zero-order chi connectivity index (χ0) is 13.4. The maximum atomic E-state index is 12.5. The molecule has 0 radical (unpaired) electrons. The largest absolute Gasteiger partial charge is 0.354 e. The standard InChI is InChI=1S/C15H18N2O2/c1-10-5-4-6-11-12(10)9-17(15(11)19)13-7-2-3-8-16-14(13)18/h4-6,13H,2-3,7-9H2,1H3,(H,16,18)/t13-/m1/s1. The van der Waals surface area contributed by atoms with Crippen LogP contribution in [0.1, 0.15) is 40.7 Å². The molecule has 1 atom stereocenters. The van der Waals surface area contributed by atoms with Gasteiger partial charge in [0.25, 0.3) is 5.91 Å². The number of carbonyl (C=O) groups excluding carboxylic acids is 2. The van der Waals surface area contributed by atoms with E-state index in [9.17, 15) is 9.59 Å². The van der Waals surface area contributed by atoms with Gasteiger partial charge in [0, 0.05) is 18.7 Å². The summed E-state index contributed by atoms with van der Waals surface area (Å²) in [5.41, 5.74) is 2.96. The molecule has 2 aliphatic rings. The lowest BCUT2D eigenvalue weighted by Crippen LogP contribution is -2.45. The van der Waals surface area contributed by atoms with Crippen molar-refractivity contribution in [1.29, 1.82) is 0 Å². The molecule has 4 nitrogen and oxygen atoms in total. The Labute approximate surface area is 112 Å². The first-order valence-corrected chi connectivity index (χ1v) is 6.85. The van der Waals surface area contributed by atoms with Crippen LogP contribution in [0, 0.1) is 6.92 Å². The summed E-state index contributed by atoms with van der Waals surface area (Å²) in [6.07, 6.45) is 2.75. The third kappa shape index (κ3) is 2.01. The zero-order valence-electron chi connectivity index (χ0n) is 11.1. The Hall–Kier alpha value is -1.84. The van der Waals surface area contributed by atoms with Crippen molar-refractivity contribution >= 4 is 11.8 Å². The Morgan fingerprint density at radius 2 is 2.11 bits per heavy atom. The molecule has 0 aliphatic carbocycles. The number of amides is 2. The minimum absolute atomic E-state index is 0.000694. The fourth-order valence-electron chi connectivity index (χ4n) is 2.98. The average molecular weight is 258 g/mol. The van der Waals surface area contributed by atoms with Crippen molar-refractivity contribution in [2.45, 2.75) is 38.8 Å². The van der Waals surface area contributed by atoms with Crippen LogP contribution in [-0.4, -0.2) is 29.3 Å². The van der Waals surface area contributed by atoms with Crippen LogP contribution in [0.5, 0.6) is 0 Å². The van der Waals surface area contributed by atoms with E-state index in [1.165, 1.54) is 0 Å². The third-order valence-electron chi connectivity index (χ3n) is 4.11. The molecule has 1 aromatic rings. The first kappa shape index (κ1) is 12.2. The summed E-state index contributed by atoms with van der Waals surface area (Å²) in [5.74, 6) is -0.00272. The minimum Gasteiger partial charge on any atom is -0.354 e. The van der Waals surface area contributed by atoms with E-state index in [0.29, 0.717) is 6.54 Å². The van der Waals surface area contributed by atoms with Crippen LogP contribution in [-0.2, 0) is 11.3 Å². The van der Waals surface area contributed by atoms with Crippen molar-refractivity contribution in [3.05, 3.63) is 34.9 Å². The van der Waals surface area contributed by atoms with Crippen molar-refractivity contribution in [1.82, 2.24) is 10.2 Å². The van der Waals surface area contributed by atoms with E-state index in [0.717, 1.165) is 42.5 Å². The molecule has 3 rings (SSSR count). The van der Waals surface area contributed by atoms with Gasteiger partial charge in [0.05, 0.1) is 0 Å². The first-order valence-electron chi connectivity index (χ1n) is 6.85. The Bertz CT molecular complexity index is 539. The van der Waals surface area contributed by atoms with Gasteiger partial charge in [0.2, 0.25) is 5.91 Å². The summed E-state index contributed by atoms with van der Waals surface area (Å²) in [4.78, 5) is 26.3. The van der Waals surface area contributed by atoms with Gasteiger partial charge in [-0.3, -0.25) is 9.59 Å². The lowest BCUT2D eigenvalue weighted by atomic mass is 10.1. The van der Waals surface area contributed by atoms with Gasteiger partial charge in [-0.25, -0.2) is 0 Å². The van der Waals surface area contributed by atoms with Crippen LogP contribution >= 0.6 is 0 Å². The van der Waals surface area contributed by atoms with Gasteiger partial charge in [-0.2, -0.15) is 0 Å². The number of hydrogen-bond acceptors (Lipinski definition) is 2. The molecule has 100 valence electrons. The monoisotopic (exact) mass is 258 g/mol. The number of fused-ring (bicyclic) bond motifs is 1. The maximum Gasteiger partial charge on any atom is 0.255 e. The molecule has 2 amide bonds. The average Bonchev–Trinajstić information content (AvgIpc) is 2.59. The molecule has 0 aromatic heterocycles. The van der Waals surface area contributed by atoms with Crippen LogP contribution in [0.15, 0.2) is 18.2 Å². The summed E-state index contributed by atoms with van der Waals surface area (Å²) < 4.78 is 0. The predicted octanol–water partition coefficient (Wildman–Crippen LogP) is 1.62. The lowest BCUT2D eigenvalue weighted by molar-refractivity contribution is -0.125. The quantitative estimate of drug-likeness (QED) is 0.832. The van der Waals surface area contributed by atoms with Gasteiger partial charge >= 0.3 is 0 Å². The fourth-order valence-corrected chi connectivity index (χ4v) is 2.98. The molecule has 4 heteroatoms. The highest BCUT2D eigenvalue weighted by atomic mass is 16.2. The number of benzene rings is 1. The second-order valence-corrected chi connectivity index (χ2v) is 5.34. The third-order valence-corrected chi connectivity index (χ3v) is 4.11. The smallest absolute Gasteiger partial charge is 0.255 e. The van der Waals surface area contributed by atoms with Crippen LogP contribution < -0.4 is 5.32 Å². The highest BCUT2D eigenvalue weighted by Crippen LogP contribution is 2.29. The van der Waals surface area contributed by atoms with Gasteiger partial charge in [0.15, 0.2) is 0 Å². The summed E-state index contributed by atoms with van der Waals surface area (Å²) in [6.45, 7) is 3.31. The molecular formula is C15H18N2O2. The SMILES string of the molecule is Cc1cccc2c1CN([C@@H]1CCCCNC1=O)C2=O. The molecule has 2 aliphatic heterocycles. The topological polar surface area (TPSA) is 49.4 Å². The summed E-state index contributed by atoms with van der Waals surface area (Å²) >= 11 is 0. The molecule has 0 saturated carbocycles. The second kappa shape index (κ2) is 4.68. The Balaban J connectivity index is 1.90. The molecule has 1 N–H and O–H groups in total. The number of nitrogens with zero attached hydrogens (tertiary/aromatic N) is 1. The molecule has 0 bridgehead atoms. The van der Waals surface area contributed by atoms with E-state index in [1.807, 2.05) is 25.1 Å². The van der Waals surface area contributed by atoms with E-state index >= 15 is 0 Å². The molecule has 19 heavy (non-hydrogen) atoms. The van der Waals surface area contributed by atoms with Crippen molar-refractivity contribution in [3.63, 3.8) is 0 Å². The number of hydrogen-bond donors (Lipinski definition) is 1. The number of rotatable bonds is 1. The van der Waals surface area contributed by atoms with Gasteiger partial charge in [0.1, 0.15) is 6.04 Å². The van der Waals surface area contributed by atoms with Crippen molar-refractivity contribution < 1.29 is 9.59 Å². The number of aryl methyl sites for hydroxylation is 1. The molecule has 0 spiro atoms. The Morgan fingerprint density at radius 3 is 2.89 bits per heavy atom. The van der Waals surface area contributed by atoms with Crippen molar-refractivity contribution in [2.75, 3.05) is 6.54 Å². The molecular weight excluding hydrogens is 240 g/mol.